The van der Waals surface area contributed by atoms with Crippen LogP contribution in [0.5, 0.6) is 0 Å². The Balaban J connectivity index is 2.20. The van der Waals surface area contributed by atoms with Crippen molar-refractivity contribution in [2.45, 2.75) is 25.8 Å². The van der Waals surface area contributed by atoms with E-state index < -0.39 is 0 Å². The zero-order chi connectivity index (χ0) is 11.3. The quantitative estimate of drug-likeness (QED) is 0.673. The molecule has 1 heterocycles. The van der Waals surface area contributed by atoms with Crippen LogP contribution in [0.3, 0.4) is 0 Å². The third kappa shape index (κ3) is 4.49. The van der Waals surface area contributed by atoms with Gasteiger partial charge in [-0.1, -0.05) is 6.92 Å². The van der Waals surface area contributed by atoms with E-state index in [1.54, 1.807) is 0 Å². The molecule has 0 atom stereocenters. The lowest BCUT2D eigenvalue weighted by Gasteiger charge is -2.36. The summed E-state index contributed by atoms with van der Waals surface area (Å²) in [6.07, 6.45) is 2.69. The number of piperidine rings is 1. The number of nitrogens with zero attached hydrogens (tertiary/aromatic N) is 3. The molecule has 0 amide bonds. The highest BCUT2D eigenvalue weighted by atomic mass is 15.2. The molecule has 1 aliphatic rings. The van der Waals surface area contributed by atoms with E-state index in [1.807, 2.05) is 0 Å². The van der Waals surface area contributed by atoms with E-state index in [1.165, 1.54) is 45.6 Å². The zero-order valence-electron chi connectivity index (χ0n) is 10.9. The highest BCUT2D eigenvalue weighted by molar-refractivity contribution is 4.77. The molecule has 15 heavy (non-hydrogen) atoms. The third-order valence-corrected chi connectivity index (χ3v) is 3.53. The second-order valence-corrected chi connectivity index (χ2v) is 4.95. The second kappa shape index (κ2) is 6.46. The van der Waals surface area contributed by atoms with Crippen LogP contribution in [0.4, 0.5) is 0 Å². The van der Waals surface area contributed by atoms with Gasteiger partial charge in [0, 0.05) is 19.1 Å². The van der Waals surface area contributed by atoms with Crippen molar-refractivity contribution in [2.24, 2.45) is 0 Å². The molecule has 0 aromatic rings. The summed E-state index contributed by atoms with van der Waals surface area (Å²) in [5.41, 5.74) is 0. The van der Waals surface area contributed by atoms with Gasteiger partial charge in [0.05, 0.1) is 0 Å². The Morgan fingerprint density at radius 2 is 1.67 bits per heavy atom. The van der Waals surface area contributed by atoms with Crippen LogP contribution in [-0.4, -0.2) is 74.6 Å². The Labute approximate surface area is 95.0 Å². The molecule has 0 aromatic heterocycles. The average molecular weight is 213 g/mol. The maximum atomic E-state index is 2.55. The molecule has 0 spiro atoms. The maximum Gasteiger partial charge on any atom is 0.0117 e. The summed E-state index contributed by atoms with van der Waals surface area (Å²) in [5.74, 6) is 0. The molecule has 0 aromatic carbocycles. The van der Waals surface area contributed by atoms with Gasteiger partial charge >= 0.3 is 0 Å². The minimum absolute atomic E-state index is 0.813. The van der Waals surface area contributed by atoms with E-state index in [0.29, 0.717) is 0 Å². The molecule has 0 unspecified atom stereocenters. The molecule has 1 saturated heterocycles. The molecule has 0 aliphatic carbocycles. The lowest BCUT2D eigenvalue weighted by atomic mass is 10.0. The van der Waals surface area contributed by atoms with Crippen molar-refractivity contribution in [3.05, 3.63) is 0 Å². The highest BCUT2D eigenvalue weighted by Gasteiger charge is 2.20. The predicted molar refractivity (Wildman–Crippen MR) is 66.3 cm³/mol. The van der Waals surface area contributed by atoms with Gasteiger partial charge in [0.2, 0.25) is 0 Å². The Kier molecular flexibility index (Phi) is 5.58. The van der Waals surface area contributed by atoms with Crippen molar-refractivity contribution in [3.8, 4) is 0 Å². The van der Waals surface area contributed by atoms with Gasteiger partial charge in [0.15, 0.2) is 0 Å². The Morgan fingerprint density at radius 3 is 2.13 bits per heavy atom. The first-order chi connectivity index (χ1) is 7.13. The molecule has 3 nitrogen and oxygen atoms in total. The van der Waals surface area contributed by atoms with E-state index in [2.05, 4.69) is 42.8 Å². The number of likely N-dealkylation sites (tertiary alicyclic amines) is 1. The lowest BCUT2D eigenvalue weighted by molar-refractivity contribution is 0.125. The second-order valence-electron chi connectivity index (χ2n) is 4.95. The molecule has 1 aliphatic heterocycles. The van der Waals surface area contributed by atoms with Crippen LogP contribution in [0.25, 0.3) is 0 Å². The molecule has 90 valence electrons. The summed E-state index contributed by atoms with van der Waals surface area (Å²) >= 11 is 0. The van der Waals surface area contributed by atoms with Crippen molar-refractivity contribution in [1.82, 2.24) is 14.7 Å². The third-order valence-electron chi connectivity index (χ3n) is 3.53. The Morgan fingerprint density at radius 1 is 1.07 bits per heavy atom. The molecule has 1 rings (SSSR count). The molecule has 3 heteroatoms. The van der Waals surface area contributed by atoms with Crippen molar-refractivity contribution >= 4 is 0 Å². The molecular formula is C12H27N3. The predicted octanol–water partition coefficient (Wildman–Crippen LogP) is 0.964. The van der Waals surface area contributed by atoms with Gasteiger partial charge in [-0.05, 0) is 53.6 Å². The van der Waals surface area contributed by atoms with Gasteiger partial charge in [0.1, 0.15) is 0 Å². The fraction of sp³-hybridized carbons (Fsp3) is 1.00. The van der Waals surface area contributed by atoms with Crippen LogP contribution >= 0.6 is 0 Å². The summed E-state index contributed by atoms with van der Waals surface area (Å²) in [6.45, 7) is 8.42. The fourth-order valence-electron chi connectivity index (χ4n) is 2.22. The molecular weight excluding hydrogens is 186 g/mol. The van der Waals surface area contributed by atoms with Crippen LogP contribution in [0.15, 0.2) is 0 Å². The first-order valence-electron chi connectivity index (χ1n) is 6.20. The van der Waals surface area contributed by atoms with Gasteiger partial charge in [0.25, 0.3) is 0 Å². The van der Waals surface area contributed by atoms with E-state index in [0.717, 1.165) is 6.04 Å². The summed E-state index contributed by atoms with van der Waals surface area (Å²) < 4.78 is 0. The number of hydrogen-bond acceptors (Lipinski definition) is 3. The van der Waals surface area contributed by atoms with Crippen LogP contribution in [-0.2, 0) is 0 Å². The first kappa shape index (κ1) is 12.9. The van der Waals surface area contributed by atoms with E-state index in [4.69, 9.17) is 0 Å². The van der Waals surface area contributed by atoms with E-state index in [-0.39, 0.29) is 0 Å². The highest BCUT2D eigenvalue weighted by Crippen LogP contribution is 2.14. The minimum Gasteiger partial charge on any atom is -0.308 e. The summed E-state index contributed by atoms with van der Waals surface area (Å²) in [6, 6.07) is 0.813. The summed E-state index contributed by atoms with van der Waals surface area (Å²) in [4.78, 5) is 7.35. The van der Waals surface area contributed by atoms with Crippen LogP contribution in [0.1, 0.15) is 19.8 Å². The van der Waals surface area contributed by atoms with Crippen molar-refractivity contribution in [1.29, 1.82) is 0 Å². The van der Waals surface area contributed by atoms with Gasteiger partial charge in [-0.2, -0.15) is 0 Å². The number of rotatable bonds is 5. The SMILES string of the molecule is CCN1CCC(N(C)CCN(C)C)CC1. The van der Waals surface area contributed by atoms with E-state index >= 15 is 0 Å². The molecule has 0 bridgehead atoms. The largest absolute Gasteiger partial charge is 0.308 e. The summed E-state index contributed by atoms with van der Waals surface area (Å²) in [5, 5.41) is 0. The van der Waals surface area contributed by atoms with Gasteiger partial charge < -0.3 is 14.7 Å². The average Bonchev–Trinajstić information content (AvgIpc) is 2.26. The Bertz CT molecular complexity index is 162. The normalized spacial score (nSPS) is 20.4. The lowest BCUT2D eigenvalue weighted by Crippen LogP contribution is -2.44. The van der Waals surface area contributed by atoms with Gasteiger partial charge in [-0.25, -0.2) is 0 Å². The standard InChI is InChI=1S/C12H27N3/c1-5-15-8-6-12(7-9-15)14(4)11-10-13(2)3/h12H,5-11H2,1-4H3. The molecule has 0 saturated carbocycles. The smallest absolute Gasteiger partial charge is 0.0117 e. The maximum absolute atomic E-state index is 2.55. The Hall–Kier alpha value is -0.120. The monoisotopic (exact) mass is 213 g/mol. The van der Waals surface area contributed by atoms with Crippen molar-refractivity contribution < 1.29 is 0 Å². The van der Waals surface area contributed by atoms with Crippen molar-refractivity contribution in [2.75, 3.05) is 53.9 Å². The minimum atomic E-state index is 0.813. The fourth-order valence-corrected chi connectivity index (χ4v) is 2.22. The van der Waals surface area contributed by atoms with Crippen LogP contribution < -0.4 is 0 Å². The van der Waals surface area contributed by atoms with Crippen molar-refractivity contribution in [3.63, 3.8) is 0 Å². The van der Waals surface area contributed by atoms with Gasteiger partial charge in [-0.3, -0.25) is 0 Å². The van der Waals surface area contributed by atoms with Crippen LogP contribution in [0, 0.1) is 0 Å². The topological polar surface area (TPSA) is 9.72 Å². The molecule has 1 fully saturated rings. The first-order valence-corrected chi connectivity index (χ1v) is 6.20. The number of hydrogen-bond donors (Lipinski definition) is 0. The molecule has 0 radical (unpaired) electrons. The number of likely N-dealkylation sites (N-methyl/N-ethyl adjacent to an activating group) is 2. The molecule has 0 N–H and O–H groups in total. The van der Waals surface area contributed by atoms with E-state index in [9.17, 15) is 0 Å². The van der Waals surface area contributed by atoms with Gasteiger partial charge in [-0.15, -0.1) is 0 Å². The zero-order valence-corrected chi connectivity index (χ0v) is 10.9. The summed E-state index contributed by atoms with van der Waals surface area (Å²) in [7, 11) is 6.57. The van der Waals surface area contributed by atoms with Crippen LogP contribution in [0.2, 0.25) is 0 Å².